The summed E-state index contributed by atoms with van der Waals surface area (Å²) in [5, 5.41) is 4.95. The van der Waals surface area contributed by atoms with Crippen LogP contribution in [0.5, 0.6) is 0 Å². The van der Waals surface area contributed by atoms with Crippen LogP contribution in [-0.2, 0) is 0 Å². The maximum Gasteiger partial charge on any atom is 0.0547 e. The predicted molar refractivity (Wildman–Crippen MR) is 297 cm³/mol. The molecule has 1 aromatic heterocycles. The van der Waals surface area contributed by atoms with E-state index in [1.807, 2.05) is 0 Å². The van der Waals surface area contributed by atoms with Crippen molar-refractivity contribution in [3.05, 3.63) is 285 Å². The molecule has 13 rings (SSSR count). The molecule has 10 aromatic carbocycles. The van der Waals surface area contributed by atoms with Crippen LogP contribution in [0.15, 0.2) is 279 Å². The van der Waals surface area contributed by atoms with E-state index in [4.69, 9.17) is 0 Å². The number of aromatic nitrogens is 1. The number of benzene rings is 10. The van der Waals surface area contributed by atoms with Gasteiger partial charge in [0.2, 0.25) is 0 Å². The zero-order valence-corrected chi connectivity index (χ0v) is 38.6. The van der Waals surface area contributed by atoms with Gasteiger partial charge in [0.1, 0.15) is 0 Å². The third-order valence-corrected chi connectivity index (χ3v) is 14.3. The second-order valence-electron chi connectivity index (χ2n) is 18.4. The number of hydrogen-bond donors (Lipinski definition) is 0. The largest absolute Gasteiger partial charge is 0.309 e. The summed E-state index contributed by atoms with van der Waals surface area (Å²) >= 11 is 0. The summed E-state index contributed by atoms with van der Waals surface area (Å²) < 4.78 is 2.47. The Labute approximate surface area is 409 Å². The summed E-state index contributed by atoms with van der Waals surface area (Å²) in [5.74, 6) is 0.684. The van der Waals surface area contributed by atoms with Gasteiger partial charge in [-0.15, -0.1) is 0 Å². The number of allylic oxidation sites excluding steroid dienone is 8. The summed E-state index contributed by atoms with van der Waals surface area (Å²) in [6, 6.07) is 87.0. The van der Waals surface area contributed by atoms with E-state index < -0.39 is 0 Å². The zero-order chi connectivity index (χ0) is 46.4. The molecule has 0 aliphatic heterocycles. The summed E-state index contributed by atoms with van der Waals surface area (Å²) in [4.78, 5) is 2.47. The lowest BCUT2D eigenvalue weighted by Crippen LogP contribution is -2.15. The molecule has 2 atom stereocenters. The van der Waals surface area contributed by atoms with Crippen molar-refractivity contribution in [2.75, 3.05) is 4.90 Å². The molecule has 1 heterocycles. The molecule has 2 heteroatoms. The number of anilines is 3. The number of nitrogens with zero attached hydrogens (tertiary/aromatic N) is 2. The molecule has 2 aliphatic rings. The monoisotopic (exact) mass is 892 g/mol. The van der Waals surface area contributed by atoms with Crippen molar-refractivity contribution in [3.8, 4) is 50.2 Å². The van der Waals surface area contributed by atoms with Crippen LogP contribution < -0.4 is 4.90 Å². The molecule has 2 aliphatic carbocycles. The Hall–Kier alpha value is -8.98. The third-order valence-electron chi connectivity index (χ3n) is 14.3. The van der Waals surface area contributed by atoms with Gasteiger partial charge in [0.05, 0.1) is 22.4 Å². The average molecular weight is 893 g/mol. The van der Waals surface area contributed by atoms with Gasteiger partial charge in [0.25, 0.3) is 0 Å². The number of hydrogen-bond acceptors (Lipinski definition) is 1. The van der Waals surface area contributed by atoms with E-state index in [2.05, 4.69) is 289 Å². The van der Waals surface area contributed by atoms with Crippen LogP contribution in [0.25, 0.3) is 88.3 Å². The first-order chi connectivity index (χ1) is 34.7. The summed E-state index contributed by atoms with van der Waals surface area (Å²) in [6.07, 6.45) is 15.8. The minimum absolute atomic E-state index is 0.316. The minimum Gasteiger partial charge on any atom is -0.309 e. The molecule has 2 nitrogen and oxygen atoms in total. The van der Waals surface area contributed by atoms with Gasteiger partial charge < -0.3 is 9.47 Å². The molecule has 0 fully saturated rings. The summed E-state index contributed by atoms with van der Waals surface area (Å²) in [7, 11) is 0. The van der Waals surface area contributed by atoms with E-state index in [9.17, 15) is 0 Å². The normalized spacial score (nSPS) is 15.1. The van der Waals surface area contributed by atoms with Gasteiger partial charge in [-0.1, -0.05) is 218 Å². The summed E-state index contributed by atoms with van der Waals surface area (Å²) in [5.41, 5.74) is 18.6. The van der Waals surface area contributed by atoms with Gasteiger partial charge in [-0.25, -0.2) is 0 Å². The lowest BCUT2D eigenvalue weighted by molar-refractivity contribution is 0.678. The van der Waals surface area contributed by atoms with Crippen LogP contribution >= 0.6 is 0 Å². The first-order valence-electron chi connectivity index (χ1n) is 24.3. The first-order valence-corrected chi connectivity index (χ1v) is 24.3. The SMILES string of the molecule is C1=CC2C=CC=C(c3ccc(N(c4ccccc4-c4ccc(-c5ccccc5)cc4)c4ccccc4-c4cc(-c5ccccc5)cc(-n5c6ccccc6c6cc7ccccc7cc65)c4)cc3)C2C=C1. The standard InChI is InChI=1S/C68H48N2/c1-3-18-47(19-4-1)49-34-36-52(37-35-49)61-27-11-14-31-65(61)69(57-40-38-51(39-41-57)60-30-17-25-50-22-9-10-26-59(50)60)66-32-15-12-28-62(66)56-42-55(48-20-5-2-6-21-48)43-58(44-56)70-67-33-16-13-29-63(67)64-45-53-23-7-8-24-54(53)46-68(64)70/h1-46,50,59H. The first kappa shape index (κ1) is 41.2. The molecule has 70 heavy (non-hydrogen) atoms. The minimum atomic E-state index is 0.316. The molecule has 0 saturated heterocycles. The molecule has 330 valence electrons. The van der Waals surface area contributed by atoms with Crippen molar-refractivity contribution in [1.29, 1.82) is 0 Å². The molecule has 0 radical (unpaired) electrons. The highest BCUT2D eigenvalue weighted by molar-refractivity contribution is 6.14. The van der Waals surface area contributed by atoms with Crippen LogP contribution in [-0.4, -0.2) is 4.57 Å². The number of fused-ring (bicyclic) bond motifs is 5. The maximum absolute atomic E-state index is 2.47. The second-order valence-corrected chi connectivity index (χ2v) is 18.4. The Balaban J connectivity index is 1.02. The Morgan fingerprint density at radius 2 is 0.886 bits per heavy atom. The number of rotatable bonds is 9. The molecular weight excluding hydrogens is 845 g/mol. The van der Waals surface area contributed by atoms with Crippen LogP contribution in [0.1, 0.15) is 5.56 Å². The highest BCUT2D eigenvalue weighted by atomic mass is 15.1. The maximum atomic E-state index is 2.47. The fourth-order valence-corrected chi connectivity index (χ4v) is 10.9. The van der Waals surface area contributed by atoms with Crippen LogP contribution in [0.3, 0.4) is 0 Å². The molecular formula is C68H48N2. The molecule has 11 aromatic rings. The van der Waals surface area contributed by atoms with Crippen molar-refractivity contribution in [2.45, 2.75) is 0 Å². The van der Waals surface area contributed by atoms with E-state index in [0.29, 0.717) is 11.8 Å². The Morgan fingerprint density at radius 1 is 0.343 bits per heavy atom. The quantitative estimate of drug-likeness (QED) is 0.140. The second kappa shape index (κ2) is 17.6. The van der Waals surface area contributed by atoms with Gasteiger partial charge >= 0.3 is 0 Å². The predicted octanol–water partition coefficient (Wildman–Crippen LogP) is 18.4. The third kappa shape index (κ3) is 7.39. The van der Waals surface area contributed by atoms with Crippen molar-refractivity contribution in [3.63, 3.8) is 0 Å². The smallest absolute Gasteiger partial charge is 0.0547 e. The van der Waals surface area contributed by atoms with E-state index in [1.54, 1.807) is 0 Å². The van der Waals surface area contributed by atoms with E-state index in [1.165, 1.54) is 60.4 Å². The molecule has 2 unspecified atom stereocenters. The number of para-hydroxylation sites is 3. The van der Waals surface area contributed by atoms with Gasteiger partial charge in [-0.2, -0.15) is 0 Å². The molecule has 0 N–H and O–H groups in total. The lowest BCUT2D eigenvalue weighted by atomic mass is 9.77. The van der Waals surface area contributed by atoms with Crippen molar-refractivity contribution in [1.82, 2.24) is 4.57 Å². The van der Waals surface area contributed by atoms with Gasteiger partial charge in [0, 0.05) is 45.1 Å². The van der Waals surface area contributed by atoms with Gasteiger partial charge in [0.15, 0.2) is 0 Å². The highest BCUT2D eigenvalue weighted by Crippen LogP contribution is 2.47. The molecule has 0 bridgehead atoms. The zero-order valence-electron chi connectivity index (χ0n) is 38.6. The Morgan fingerprint density at radius 3 is 1.63 bits per heavy atom. The topological polar surface area (TPSA) is 8.17 Å². The average Bonchev–Trinajstić information content (AvgIpc) is 3.76. The van der Waals surface area contributed by atoms with Gasteiger partial charge in [-0.05, 0) is 116 Å². The Bertz CT molecular complexity index is 3870. The van der Waals surface area contributed by atoms with E-state index in [0.717, 1.165) is 50.6 Å². The molecule has 0 spiro atoms. The van der Waals surface area contributed by atoms with Crippen LogP contribution in [0, 0.1) is 11.8 Å². The van der Waals surface area contributed by atoms with Crippen molar-refractivity contribution < 1.29 is 0 Å². The lowest BCUT2D eigenvalue weighted by Gasteiger charge is -2.31. The van der Waals surface area contributed by atoms with Crippen molar-refractivity contribution >= 4 is 55.2 Å². The highest BCUT2D eigenvalue weighted by Gasteiger charge is 2.26. The van der Waals surface area contributed by atoms with Crippen LogP contribution in [0.2, 0.25) is 0 Å². The van der Waals surface area contributed by atoms with E-state index >= 15 is 0 Å². The summed E-state index contributed by atoms with van der Waals surface area (Å²) in [6.45, 7) is 0. The fraction of sp³-hybridized carbons (Fsp3) is 0.0294. The van der Waals surface area contributed by atoms with Crippen molar-refractivity contribution in [2.24, 2.45) is 11.8 Å². The fourth-order valence-electron chi connectivity index (χ4n) is 10.9. The van der Waals surface area contributed by atoms with E-state index in [-0.39, 0.29) is 0 Å². The van der Waals surface area contributed by atoms with Crippen LogP contribution in [0.4, 0.5) is 17.1 Å². The molecule has 0 amide bonds. The Kier molecular flexibility index (Phi) is 10.4. The molecule has 0 saturated carbocycles. The van der Waals surface area contributed by atoms with Gasteiger partial charge in [-0.3, -0.25) is 0 Å².